The minimum Gasteiger partial charge on any atom is -0.497 e. The van der Waals surface area contributed by atoms with Gasteiger partial charge in [-0.05, 0) is 61.6 Å². The van der Waals surface area contributed by atoms with Crippen molar-refractivity contribution in [1.29, 1.82) is 0 Å². The fourth-order valence-electron chi connectivity index (χ4n) is 4.07. The monoisotopic (exact) mass is 428 g/mol. The van der Waals surface area contributed by atoms with E-state index in [2.05, 4.69) is 0 Å². The van der Waals surface area contributed by atoms with Crippen molar-refractivity contribution in [3.05, 3.63) is 63.5 Å². The molecule has 0 fully saturated rings. The van der Waals surface area contributed by atoms with E-state index in [1.165, 1.54) is 0 Å². The molecule has 4 rings (SSSR count). The zero-order valence-electron chi connectivity index (χ0n) is 17.1. The van der Waals surface area contributed by atoms with E-state index in [9.17, 15) is 9.59 Å². The quantitative estimate of drug-likeness (QED) is 0.501. The third kappa shape index (κ3) is 3.87. The molecule has 0 saturated carbocycles. The number of carbonyl (C=O) groups is 1. The highest BCUT2D eigenvalue weighted by molar-refractivity contribution is 5.95. The topological polar surface area (TPSA) is 85.8 Å². The maximum atomic E-state index is 13.0. The maximum Gasteiger partial charge on any atom is 0.339 e. The van der Waals surface area contributed by atoms with Crippen LogP contribution in [-0.2, 0) is 17.6 Å². The number of rotatable bonds is 4. The van der Waals surface area contributed by atoms with Crippen molar-refractivity contribution < 1.29 is 13.9 Å². The highest BCUT2D eigenvalue weighted by atomic mass is 35.5. The lowest BCUT2D eigenvalue weighted by atomic mass is 9.98. The molecule has 3 aromatic rings. The summed E-state index contributed by atoms with van der Waals surface area (Å²) < 4.78 is 10.7. The van der Waals surface area contributed by atoms with Gasteiger partial charge in [-0.15, -0.1) is 12.4 Å². The maximum absolute atomic E-state index is 13.0. The molecule has 0 spiro atoms. The Labute approximate surface area is 181 Å². The van der Waals surface area contributed by atoms with Crippen LogP contribution in [0.3, 0.4) is 0 Å². The van der Waals surface area contributed by atoms with Crippen LogP contribution in [0.2, 0.25) is 0 Å². The summed E-state index contributed by atoms with van der Waals surface area (Å²) in [5, 5.41) is 0.851. The normalized spacial score (nSPS) is 12.9. The Morgan fingerprint density at radius 3 is 2.83 bits per heavy atom. The summed E-state index contributed by atoms with van der Waals surface area (Å²) in [6, 6.07) is 11.1. The molecule has 0 radical (unpaired) electrons. The summed E-state index contributed by atoms with van der Waals surface area (Å²) in [5.74, 6) is 0.621. The number of methoxy groups -OCH3 is 1. The Kier molecular flexibility index (Phi) is 6.37. The van der Waals surface area contributed by atoms with Gasteiger partial charge in [-0.25, -0.2) is 4.79 Å². The number of aryl methyl sites for hydroxylation is 1. The lowest BCUT2D eigenvalue weighted by molar-refractivity contribution is -0.118. The molecule has 1 aliphatic heterocycles. The first-order valence-corrected chi connectivity index (χ1v) is 9.77. The van der Waals surface area contributed by atoms with Gasteiger partial charge in [0.05, 0.1) is 7.11 Å². The molecule has 6 nitrogen and oxygen atoms in total. The number of halogens is 1. The summed E-state index contributed by atoms with van der Waals surface area (Å²) >= 11 is 0. The van der Waals surface area contributed by atoms with E-state index in [1.54, 1.807) is 18.1 Å². The van der Waals surface area contributed by atoms with E-state index in [-0.39, 0.29) is 24.7 Å². The van der Waals surface area contributed by atoms with Crippen molar-refractivity contribution in [2.75, 3.05) is 24.3 Å². The average molecular weight is 429 g/mol. The zero-order valence-corrected chi connectivity index (χ0v) is 17.9. The molecular formula is C23H25ClN2O4. The number of carbonyl (C=O) groups excluding carboxylic acids is 1. The van der Waals surface area contributed by atoms with Gasteiger partial charge >= 0.3 is 5.63 Å². The SMILES string of the molecule is COc1ccc2c(C)c(CCC(=O)N3CCCc4c(N)cccc43)c(=O)oc2c1.Cl. The van der Waals surface area contributed by atoms with Crippen molar-refractivity contribution in [1.82, 2.24) is 0 Å². The Balaban J connectivity index is 0.00000256. The van der Waals surface area contributed by atoms with E-state index in [0.29, 0.717) is 29.9 Å². The smallest absolute Gasteiger partial charge is 0.339 e. The molecule has 0 aliphatic carbocycles. The van der Waals surface area contributed by atoms with Gasteiger partial charge in [0.15, 0.2) is 0 Å². The van der Waals surface area contributed by atoms with Crippen LogP contribution in [0.25, 0.3) is 11.0 Å². The van der Waals surface area contributed by atoms with Crippen LogP contribution < -0.4 is 21.0 Å². The summed E-state index contributed by atoms with van der Waals surface area (Å²) in [7, 11) is 1.57. The number of benzene rings is 2. The molecule has 1 aromatic heterocycles. The fraction of sp³-hybridized carbons (Fsp3) is 0.304. The van der Waals surface area contributed by atoms with Gasteiger partial charge in [0.1, 0.15) is 11.3 Å². The van der Waals surface area contributed by atoms with Gasteiger partial charge in [-0.3, -0.25) is 4.79 Å². The van der Waals surface area contributed by atoms with Gasteiger partial charge < -0.3 is 19.8 Å². The largest absolute Gasteiger partial charge is 0.497 e. The van der Waals surface area contributed by atoms with Crippen LogP contribution in [-0.4, -0.2) is 19.6 Å². The van der Waals surface area contributed by atoms with Crippen LogP contribution in [0.15, 0.2) is 45.6 Å². The second-order valence-corrected chi connectivity index (χ2v) is 7.35. The Morgan fingerprint density at radius 1 is 1.27 bits per heavy atom. The molecule has 1 amide bonds. The van der Waals surface area contributed by atoms with E-state index in [0.717, 1.165) is 40.7 Å². The average Bonchev–Trinajstić information content (AvgIpc) is 2.73. The third-order valence-electron chi connectivity index (χ3n) is 5.67. The van der Waals surface area contributed by atoms with E-state index >= 15 is 0 Å². The Bertz CT molecular complexity index is 1160. The van der Waals surface area contributed by atoms with Crippen LogP contribution in [0.1, 0.15) is 29.5 Å². The number of fused-ring (bicyclic) bond motifs is 2. The van der Waals surface area contributed by atoms with Crippen molar-refractivity contribution in [3.63, 3.8) is 0 Å². The van der Waals surface area contributed by atoms with E-state index < -0.39 is 5.63 Å². The number of hydrogen-bond donors (Lipinski definition) is 1. The minimum absolute atomic E-state index is 0. The van der Waals surface area contributed by atoms with E-state index in [1.807, 2.05) is 37.3 Å². The number of hydrogen-bond acceptors (Lipinski definition) is 5. The second kappa shape index (κ2) is 8.79. The number of amides is 1. The van der Waals surface area contributed by atoms with Gasteiger partial charge in [0, 0.05) is 41.4 Å². The number of nitrogens with zero attached hydrogens (tertiary/aromatic N) is 1. The molecule has 30 heavy (non-hydrogen) atoms. The molecular weight excluding hydrogens is 404 g/mol. The predicted molar refractivity (Wildman–Crippen MR) is 121 cm³/mol. The van der Waals surface area contributed by atoms with Gasteiger partial charge in [-0.2, -0.15) is 0 Å². The summed E-state index contributed by atoms with van der Waals surface area (Å²) in [5.41, 5.74) is 10.2. The van der Waals surface area contributed by atoms with Crippen molar-refractivity contribution in [2.45, 2.75) is 32.6 Å². The lowest BCUT2D eigenvalue weighted by Gasteiger charge is -2.30. The summed E-state index contributed by atoms with van der Waals surface area (Å²) in [6.07, 6.45) is 2.33. The molecule has 2 aromatic carbocycles. The first-order valence-electron chi connectivity index (χ1n) is 9.77. The van der Waals surface area contributed by atoms with Crippen LogP contribution in [0, 0.1) is 6.92 Å². The molecule has 2 N–H and O–H groups in total. The zero-order chi connectivity index (χ0) is 20.5. The van der Waals surface area contributed by atoms with Gasteiger partial charge in [0.2, 0.25) is 5.91 Å². The van der Waals surface area contributed by atoms with Crippen molar-refractivity contribution in [3.8, 4) is 5.75 Å². The minimum atomic E-state index is -0.403. The van der Waals surface area contributed by atoms with Gasteiger partial charge in [-0.1, -0.05) is 6.07 Å². The summed E-state index contributed by atoms with van der Waals surface area (Å²) in [6.45, 7) is 2.56. The van der Waals surface area contributed by atoms with Crippen LogP contribution in [0.4, 0.5) is 11.4 Å². The number of ether oxygens (including phenoxy) is 1. The van der Waals surface area contributed by atoms with Crippen molar-refractivity contribution >= 4 is 40.7 Å². The first-order chi connectivity index (χ1) is 14.0. The Morgan fingerprint density at radius 2 is 2.07 bits per heavy atom. The number of anilines is 2. The first kappa shape index (κ1) is 21.7. The van der Waals surface area contributed by atoms with Crippen LogP contribution >= 0.6 is 12.4 Å². The van der Waals surface area contributed by atoms with Gasteiger partial charge in [0.25, 0.3) is 0 Å². The highest BCUT2D eigenvalue weighted by Gasteiger charge is 2.24. The molecule has 158 valence electrons. The molecule has 0 saturated heterocycles. The van der Waals surface area contributed by atoms with Crippen LogP contribution in [0.5, 0.6) is 5.75 Å². The third-order valence-corrected chi connectivity index (χ3v) is 5.67. The molecule has 0 atom stereocenters. The summed E-state index contributed by atoms with van der Waals surface area (Å²) in [4.78, 5) is 27.3. The standard InChI is InChI=1S/C23H24N2O4.ClH/c1-14-16-9-8-15(28-2)13-21(16)29-23(27)17(14)10-11-22(26)25-12-4-5-18-19(24)6-3-7-20(18)25;/h3,6-9,13H,4-5,10-12,24H2,1-2H3;1H. The Hall–Kier alpha value is -2.99. The second-order valence-electron chi connectivity index (χ2n) is 7.35. The van der Waals surface area contributed by atoms with Crippen molar-refractivity contribution in [2.24, 2.45) is 0 Å². The molecule has 0 unspecified atom stereocenters. The highest BCUT2D eigenvalue weighted by Crippen LogP contribution is 2.32. The molecule has 2 heterocycles. The molecule has 1 aliphatic rings. The van der Waals surface area contributed by atoms with E-state index in [4.69, 9.17) is 14.9 Å². The molecule has 0 bridgehead atoms. The fourth-order valence-corrected chi connectivity index (χ4v) is 4.07. The number of nitrogens with two attached hydrogens (primary N) is 1. The number of nitrogen functional groups attached to an aromatic ring is 1. The predicted octanol–water partition coefficient (Wildman–Crippen LogP) is 4.03. The molecule has 7 heteroatoms. The lowest BCUT2D eigenvalue weighted by Crippen LogP contribution is -2.36.